The van der Waals surface area contributed by atoms with Gasteiger partial charge in [0.15, 0.2) is 0 Å². The van der Waals surface area contributed by atoms with Gasteiger partial charge in [-0.25, -0.2) is 13.4 Å². The van der Waals surface area contributed by atoms with Gasteiger partial charge in [-0.15, -0.1) is 0 Å². The van der Waals surface area contributed by atoms with Gasteiger partial charge < -0.3 is 14.4 Å². The average molecular weight is 445 g/mol. The van der Waals surface area contributed by atoms with Gasteiger partial charge in [0.1, 0.15) is 22.3 Å². The molecule has 3 fully saturated rings. The van der Waals surface area contributed by atoms with Crippen molar-refractivity contribution in [2.75, 3.05) is 33.3 Å². The average Bonchev–Trinajstić information content (AvgIpc) is 3.16. The summed E-state index contributed by atoms with van der Waals surface area (Å²) >= 11 is 0. The Morgan fingerprint density at radius 2 is 2.19 bits per heavy atom. The Kier molecular flexibility index (Phi) is 4.95. The SMILES string of the molecule is COc1cccc(CCN2C[C@@]34CN(C(=O)c5cnccn5)C[C@@H](C[C@@H]3S2(=O)=O)O4)c1. The minimum atomic E-state index is -3.52. The maximum absolute atomic E-state index is 13.3. The van der Waals surface area contributed by atoms with E-state index in [0.717, 1.165) is 11.3 Å². The number of ether oxygens (including phenoxy) is 2. The van der Waals surface area contributed by atoms with Crippen molar-refractivity contribution in [3.05, 3.63) is 54.1 Å². The Hall–Kier alpha value is -2.56. The highest BCUT2D eigenvalue weighted by atomic mass is 32.2. The molecule has 0 N–H and O–H groups in total. The number of likely N-dealkylation sites (tertiary alicyclic amines) is 1. The highest BCUT2D eigenvalue weighted by Crippen LogP contribution is 2.46. The Labute approximate surface area is 181 Å². The van der Waals surface area contributed by atoms with Crippen LogP contribution >= 0.6 is 0 Å². The number of nitrogens with zero attached hydrogens (tertiary/aromatic N) is 4. The molecule has 10 heteroatoms. The molecule has 0 aliphatic carbocycles. The van der Waals surface area contributed by atoms with Crippen LogP contribution in [0.1, 0.15) is 22.5 Å². The van der Waals surface area contributed by atoms with Crippen molar-refractivity contribution < 1.29 is 22.7 Å². The van der Waals surface area contributed by atoms with E-state index >= 15 is 0 Å². The van der Waals surface area contributed by atoms with Crippen LogP contribution in [-0.4, -0.2) is 83.7 Å². The molecule has 164 valence electrons. The van der Waals surface area contributed by atoms with Crippen LogP contribution in [0.3, 0.4) is 0 Å². The molecule has 3 aliphatic rings. The summed E-state index contributed by atoms with van der Waals surface area (Å²) in [7, 11) is -1.91. The molecule has 5 rings (SSSR count). The van der Waals surface area contributed by atoms with Crippen LogP contribution in [0.25, 0.3) is 0 Å². The molecular weight excluding hydrogens is 420 g/mol. The second kappa shape index (κ2) is 7.54. The molecule has 2 aromatic rings. The maximum atomic E-state index is 13.3. The van der Waals surface area contributed by atoms with Gasteiger partial charge in [0.05, 0.1) is 26.0 Å². The van der Waals surface area contributed by atoms with E-state index in [9.17, 15) is 13.2 Å². The van der Waals surface area contributed by atoms with E-state index in [0.29, 0.717) is 25.9 Å². The van der Waals surface area contributed by atoms with E-state index in [1.54, 1.807) is 12.0 Å². The molecule has 4 heterocycles. The molecule has 3 atom stereocenters. The number of rotatable bonds is 5. The van der Waals surface area contributed by atoms with Gasteiger partial charge in [0.2, 0.25) is 10.0 Å². The van der Waals surface area contributed by atoms with Crippen LogP contribution in [0.15, 0.2) is 42.9 Å². The highest BCUT2D eigenvalue weighted by Gasteiger charge is 2.65. The van der Waals surface area contributed by atoms with E-state index in [2.05, 4.69) is 9.97 Å². The van der Waals surface area contributed by atoms with Crippen LogP contribution in [0.5, 0.6) is 5.75 Å². The number of hydrogen-bond donors (Lipinski definition) is 0. The predicted molar refractivity (Wildman–Crippen MR) is 111 cm³/mol. The van der Waals surface area contributed by atoms with Gasteiger partial charge in [0.25, 0.3) is 5.91 Å². The first kappa shape index (κ1) is 20.3. The first-order chi connectivity index (χ1) is 14.9. The van der Waals surface area contributed by atoms with Crippen LogP contribution in [0.2, 0.25) is 0 Å². The van der Waals surface area contributed by atoms with Crippen molar-refractivity contribution >= 4 is 15.9 Å². The molecule has 0 unspecified atom stereocenters. The van der Waals surface area contributed by atoms with E-state index in [1.807, 2.05) is 24.3 Å². The lowest BCUT2D eigenvalue weighted by Gasteiger charge is -2.39. The summed E-state index contributed by atoms with van der Waals surface area (Å²) in [6.07, 6.45) is 5.12. The number of sulfonamides is 1. The van der Waals surface area contributed by atoms with Crippen molar-refractivity contribution in [1.29, 1.82) is 0 Å². The number of aromatic nitrogens is 2. The Morgan fingerprint density at radius 3 is 2.97 bits per heavy atom. The fourth-order valence-corrected chi connectivity index (χ4v) is 7.27. The van der Waals surface area contributed by atoms with E-state index < -0.39 is 20.9 Å². The number of benzene rings is 1. The number of carbonyl (C=O) groups excluding carboxylic acids is 1. The third kappa shape index (κ3) is 3.48. The predicted octanol–water partition coefficient (Wildman–Crippen LogP) is 0.725. The zero-order valence-corrected chi connectivity index (χ0v) is 18.0. The topological polar surface area (TPSA) is 102 Å². The Bertz CT molecular complexity index is 1100. The molecule has 3 aliphatic heterocycles. The summed E-state index contributed by atoms with van der Waals surface area (Å²) in [6, 6.07) is 7.62. The minimum absolute atomic E-state index is 0.235. The molecule has 0 saturated carbocycles. The minimum Gasteiger partial charge on any atom is -0.497 e. The third-order valence-corrected chi connectivity index (χ3v) is 8.74. The maximum Gasteiger partial charge on any atom is 0.274 e. The first-order valence-electron chi connectivity index (χ1n) is 10.3. The van der Waals surface area contributed by atoms with E-state index in [4.69, 9.17) is 9.47 Å². The second-order valence-corrected chi connectivity index (χ2v) is 10.4. The lowest BCUT2D eigenvalue weighted by Crippen LogP contribution is -2.56. The van der Waals surface area contributed by atoms with Crippen molar-refractivity contribution in [3.63, 3.8) is 0 Å². The lowest BCUT2D eigenvalue weighted by atomic mass is 9.99. The Morgan fingerprint density at radius 1 is 1.32 bits per heavy atom. The molecule has 2 bridgehead atoms. The largest absolute Gasteiger partial charge is 0.497 e. The molecule has 1 amide bonds. The van der Waals surface area contributed by atoms with Crippen LogP contribution in [0, 0.1) is 0 Å². The Balaban J connectivity index is 1.34. The smallest absolute Gasteiger partial charge is 0.274 e. The molecule has 1 aromatic carbocycles. The number of amides is 1. The quantitative estimate of drug-likeness (QED) is 0.670. The summed E-state index contributed by atoms with van der Waals surface area (Å²) < 4.78 is 39.6. The van der Waals surface area contributed by atoms with Crippen LogP contribution < -0.4 is 4.74 Å². The zero-order valence-electron chi connectivity index (χ0n) is 17.2. The van der Waals surface area contributed by atoms with Gasteiger partial charge >= 0.3 is 0 Å². The molecule has 3 saturated heterocycles. The molecule has 1 aromatic heterocycles. The number of fused-ring (bicyclic) bond motifs is 1. The summed E-state index contributed by atoms with van der Waals surface area (Å²) in [5.74, 6) is 0.502. The normalized spacial score (nSPS) is 29.0. The summed E-state index contributed by atoms with van der Waals surface area (Å²) in [5.41, 5.74) is 0.368. The van der Waals surface area contributed by atoms with Crippen LogP contribution in [0.4, 0.5) is 0 Å². The van der Waals surface area contributed by atoms with Gasteiger partial charge in [-0.3, -0.25) is 9.78 Å². The summed E-state index contributed by atoms with van der Waals surface area (Å²) in [4.78, 5) is 22.6. The summed E-state index contributed by atoms with van der Waals surface area (Å²) in [6.45, 7) is 1.22. The number of methoxy groups -OCH3 is 1. The van der Waals surface area contributed by atoms with Gasteiger partial charge in [-0.1, -0.05) is 12.1 Å². The molecule has 9 nitrogen and oxygen atoms in total. The van der Waals surface area contributed by atoms with Crippen molar-refractivity contribution in [2.45, 2.75) is 29.8 Å². The second-order valence-electron chi connectivity index (χ2n) is 8.29. The molecular formula is C21H24N4O5S. The fourth-order valence-electron chi connectivity index (χ4n) is 4.96. The molecule has 0 radical (unpaired) electrons. The standard InChI is InChI=1S/C21H24N4O5S/c1-29-16-4-2-3-15(9-16)5-8-25-14-21-13-24(20(26)18-11-22-6-7-23-18)12-17(30-21)10-19(21)31(25,27)28/h2-4,6-7,9,11,17,19H,5,8,10,12-14H2,1H3/t17-,19+,21+/m1/s1. The monoisotopic (exact) mass is 444 g/mol. The van der Waals surface area contributed by atoms with Crippen molar-refractivity contribution in [3.8, 4) is 5.75 Å². The van der Waals surface area contributed by atoms with Crippen molar-refractivity contribution in [2.24, 2.45) is 0 Å². The van der Waals surface area contributed by atoms with E-state index in [-0.39, 0.29) is 30.8 Å². The van der Waals surface area contributed by atoms with Gasteiger partial charge in [-0.2, -0.15) is 4.31 Å². The molecule has 31 heavy (non-hydrogen) atoms. The number of carbonyl (C=O) groups is 1. The first-order valence-corrected chi connectivity index (χ1v) is 11.8. The lowest BCUT2D eigenvalue weighted by molar-refractivity contribution is -0.0977. The third-order valence-electron chi connectivity index (χ3n) is 6.36. The highest BCUT2D eigenvalue weighted by molar-refractivity contribution is 7.90. The fraction of sp³-hybridized carbons (Fsp3) is 0.476. The van der Waals surface area contributed by atoms with Gasteiger partial charge in [-0.05, 0) is 30.5 Å². The van der Waals surface area contributed by atoms with Crippen molar-refractivity contribution in [1.82, 2.24) is 19.2 Å². The zero-order chi connectivity index (χ0) is 21.6. The number of morpholine rings is 1. The van der Waals surface area contributed by atoms with Gasteiger partial charge in [0, 0.05) is 32.0 Å². The summed E-state index contributed by atoms with van der Waals surface area (Å²) in [5, 5.41) is -0.630. The number of hydrogen-bond acceptors (Lipinski definition) is 7. The van der Waals surface area contributed by atoms with E-state index in [1.165, 1.54) is 22.9 Å². The van der Waals surface area contributed by atoms with Crippen LogP contribution in [-0.2, 0) is 21.2 Å². The molecule has 1 spiro atoms.